The minimum Gasteiger partial charge on any atom is -0.495 e. The van der Waals surface area contributed by atoms with Crippen molar-refractivity contribution in [1.82, 2.24) is 4.31 Å². The quantitative estimate of drug-likeness (QED) is 0.855. The molecule has 2 fully saturated rings. The molecule has 5 nitrogen and oxygen atoms in total. The zero-order chi connectivity index (χ0) is 15.9. The average Bonchev–Trinajstić information content (AvgIpc) is 2.85. The molecule has 1 aromatic rings. The first kappa shape index (κ1) is 15.8. The molecule has 2 saturated heterocycles. The number of piperidine rings is 1. The lowest BCUT2D eigenvalue weighted by Crippen LogP contribution is -2.44. The highest BCUT2D eigenvalue weighted by Crippen LogP contribution is 2.36. The van der Waals surface area contributed by atoms with Crippen molar-refractivity contribution in [3.05, 3.63) is 23.8 Å². The fourth-order valence-electron chi connectivity index (χ4n) is 3.51. The molecule has 0 unspecified atom stereocenters. The van der Waals surface area contributed by atoms with Crippen molar-refractivity contribution in [2.24, 2.45) is 5.92 Å². The largest absolute Gasteiger partial charge is 0.495 e. The summed E-state index contributed by atoms with van der Waals surface area (Å²) >= 11 is 0. The Morgan fingerprint density at radius 1 is 1.36 bits per heavy atom. The number of benzene rings is 1. The Kier molecular flexibility index (Phi) is 4.18. The molecular weight excluding hydrogens is 302 g/mol. The summed E-state index contributed by atoms with van der Waals surface area (Å²) in [6.45, 7) is 5.02. The van der Waals surface area contributed by atoms with Crippen molar-refractivity contribution < 1.29 is 17.9 Å². The van der Waals surface area contributed by atoms with Crippen LogP contribution in [0.2, 0.25) is 0 Å². The monoisotopic (exact) mass is 325 g/mol. The molecule has 2 heterocycles. The van der Waals surface area contributed by atoms with Gasteiger partial charge in [-0.05, 0) is 44.4 Å². The standard InChI is InChI=1S/C16H23NO4S/c1-11-4-5-16(15(8-11)20-3)22(18,19)17-7-6-14-13(10-17)9-12(2)21-14/h4-5,8,12-14H,6-7,9-10H2,1-3H3/t12-,13-,14-/m0/s1. The smallest absolute Gasteiger partial charge is 0.246 e. The van der Waals surface area contributed by atoms with Crippen molar-refractivity contribution in [1.29, 1.82) is 0 Å². The average molecular weight is 325 g/mol. The molecule has 0 amide bonds. The van der Waals surface area contributed by atoms with E-state index in [-0.39, 0.29) is 17.1 Å². The van der Waals surface area contributed by atoms with E-state index in [1.165, 1.54) is 7.11 Å². The van der Waals surface area contributed by atoms with Gasteiger partial charge in [-0.2, -0.15) is 4.31 Å². The molecule has 0 aromatic heterocycles. The van der Waals surface area contributed by atoms with Gasteiger partial charge in [0.15, 0.2) is 0 Å². The first-order valence-corrected chi connectivity index (χ1v) is 9.16. The lowest BCUT2D eigenvalue weighted by Gasteiger charge is -2.33. The van der Waals surface area contributed by atoms with E-state index in [0.29, 0.717) is 24.8 Å². The molecule has 0 aliphatic carbocycles. The molecule has 122 valence electrons. The Hall–Kier alpha value is -1.11. The Morgan fingerprint density at radius 2 is 2.14 bits per heavy atom. The highest BCUT2D eigenvalue weighted by atomic mass is 32.2. The van der Waals surface area contributed by atoms with Gasteiger partial charge >= 0.3 is 0 Å². The maximum atomic E-state index is 13.0. The molecular formula is C16H23NO4S. The fraction of sp³-hybridized carbons (Fsp3) is 0.625. The van der Waals surface area contributed by atoms with Crippen LogP contribution >= 0.6 is 0 Å². The highest BCUT2D eigenvalue weighted by Gasteiger charge is 2.41. The van der Waals surface area contributed by atoms with Crippen LogP contribution in [0.1, 0.15) is 25.3 Å². The molecule has 1 aromatic carbocycles. The zero-order valence-corrected chi connectivity index (χ0v) is 14.1. The van der Waals surface area contributed by atoms with Crippen molar-refractivity contribution in [2.45, 2.75) is 43.8 Å². The molecule has 0 spiro atoms. The summed E-state index contributed by atoms with van der Waals surface area (Å²) in [5.41, 5.74) is 0.979. The van der Waals surface area contributed by atoms with Crippen molar-refractivity contribution in [3.8, 4) is 5.75 Å². The Balaban J connectivity index is 1.87. The van der Waals surface area contributed by atoms with Gasteiger partial charge in [0.1, 0.15) is 10.6 Å². The molecule has 0 bridgehead atoms. The summed E-state index contributed by atoms with van der Waals surface area (Å²) in [5, 5.41) is 0. The SMILES string of the molecule is COc1cc(C)ccc1S(=O)(=O)N1CC[C@@H]2O[C@@H](C)C[C@H]2C1. The first-order valence-electron chi connectivity index (χ1n) is 7.72. The zero-order valence-electron chi connectivity index (χ0n) is 13.3. The van der Waals surface area contributed by atoms with E-state index in [0.717, 1.165) is 18.4 Å². The van der Waals surface area contributed by atoms with Crippen LogP contribution in [0.15, 0.2) is 23.1 Å². The van der Waals surface area contributed by atoms with Gasteiger partial charge < -0.3 is 9.47 Å². The predicted octanol–water partition coefficient (Wildman–Crippen LogP) is 2.19. The summed E-state index contributed by atoms with van der Waals surface area (Å²) in [4.78, 5) is 0.256. The minimum atomic E-state index is -3.52. The van der Waals surface area contributed by atoms with Gasteiger partial charge in [-0.25, -0.2) is 8.42 Å². The van der Waals surface area contributed by atoms with Crippen LogP contribution in [-0.2, 0) is 14.8 Å². The second-order valence-corrected chi connectivity index (χ2v) is 8.19. The van der Waals surface area contributed by atoms with Crippen molar-refractivity contribution in [3.63, 3.8) is 0 Å². The van der Waals surface area contributed by atoms with E-state index in [1.807, 2.05) is 13.0 Å². The summed E-state index contributed by atoms with van der Waals surface area (Å²) in [5.74, 6) is 0.716. The van der Waals surface area contributed by atoms with Gasteiger partial charge in [0.25, 0.3) is 0 Å². The third-order valence-electron chi connectivity index (χ3n) is 4.61. The van der Waals surface area contributed by atoms with Gasteiger partial charge in [-0.15, -0.1) is 0 Å². The maximum absolute atomic E-state index is 13.0. The minimum absolute atomic E-state index is 0.210. The molecule has 0 N–H and O–H groups in total. The molecule has 2 aliphatic heterocycles. The number of hydrogen-bond acceptors (Lipinski definition) is 4. The lowest BCUT2D eigenvalue weighted by atomic mass is 9.94. The van der Waals surface area contributed by atoms with Crippen LogP contribution in [-0.4, -0.2) is 45.1 Å². The first-order chi connectivity index (χ1) is 10.4. The second-order valence-electron chi connectivity index (χ2n) is 6.29. The van der Waals surface area contributed by atoms with Crippen LogP contribution in [0.25, 0.3) is 0 Å². The highest BCUT2D eigenvalue weighted by molar-refractivity contribution is 7.89. The normalized spacial score (nSPS) is 29.3. The summed E-state index contributed by atoms with van der Waals surface area (Å²) < 4.78 is 38.6. The molecule has 0 saturated carbocycles. The van der Waals surface area contributed by atoms with Crippen LogP contribution < -0.4 is 4.74 Å². The van der Waals surface area contributed by atoms with E-state index < -0.39 is 10.0 Å². The van der Waals surface area contributed by atoms with Crippen LogP contribution in [0.5, 0.6) is 5.75 Å². The molecule has 22 heavy (non-hydrogen) atoms. The Bertz CT molecular complexity index is 658. The van der Waals surface area contributed by atoms with Gasteiger partial charge in [0.2, 0.25) is 10.0 Å². The number of sulfonamides is 1. The van der Waals surface area contributed by atoms with Gasteiger partial charge in [0.05, 0.1) is 19.3 Å². The molecule has 2 aliphatic rings. The van der Waals surface area contributed by atoms with E-state index in [4.69, 9.17) is 9.47 Å². The molecule has 3 atom stereocenters. The number of fused-ring (bicyclic) bond motifs is 1. The molecule has 0 radical (unpaired) electrons. The van der Waals surface area contributed by atoms with Crippen molar-refractivity contribution in [2.75, 3.05) is 20.2 Å². The molecule has 3 rings (SSSR count). The van der Waals surface area contributed by atoms with Gasteiger partial charge in [0, 0.05) is 19.0 Å². The number of rotatable bonds is 3. The number of ether oxygens (including phenoxy) is 2. The maximum Gasteiger partial charge on any atom is 0.246 e. The van der Waals surface area contributed by atoms with Crippen LogP contribution in [0.3, 0.4) is 0 Å². The lowest BCUT2D eigenvalue weighted by molar-refractivity contribution is 0.0206. The second kappa shape index (κ2) is 5.83. The van der Waals surface area contributed by atoms with E-state index in [1.54, 1.807) is 16.4 Å². The summed E-state index contributed by atoms with van der Waals surface area (Å²) in [6, 6.07) is 5.21. The van der Waals surface area contributed by atoms with E-state index in [9.17, 15) is 8.42 Å². The Morgan fingerprint density at radius 3 is 2.86 bits per heavy atom. The number of hydrogen-bond donors (Lipinski definition) is 0. The number of aryl methyl sites for hydroxylation is 1. The number of methoxy groups -OCH3 is 1. The van der Waals surface area contributed by atoms with Crippen LogP contribution in [0, 0.1) is 12.8 Å². The topological polar surface area (TPSA) is 55.8 Å². The van der Waals surface area contributed by atoms with Crippen molar-refractivity contribution >= 4 is 10.0 Å². The Labute approximate surface area is 132 Å². The van der Waals surface area contributed by atoms with Gasteiger partial charge in [-0.3, -0.25) is 0 Å². The van der Waals surface area contributed by atoms with Crippen LogP contribution in [0.4, 0.5) is 0 Å². The third kappa shape index (κ3) is 2.75. The summed E-state index contributed by atoms with van der Waals surface area (Å²) in [6.07, 6.45) is 2.14. The summed E-state index contributed by atoms with van der Waals surface area (Å²) in [7, 11) is -2.02. The number of nitrogens with zero attached hydrogens (tertiary/aromatic N) is 1. The molecule has 6 heteroatoms. The third-order valence-corrected chi connectivity index (χ3v) is 6.51. The van der Waals surface area contributed by atoms with E-state index in [2.05, 4.69) is 6.92 Å². The predicted molar refractivity (Wildman–Crippen MR) is 83.5 cm³/mol. The van der Waals surface area contributed by atoms with E-state index >= 15 is 0 Å². The fourth-order valence-corrected chi connectivity index (χ4v) is 5.16. The van der Waals surface area contributed by atoms with Gasteiger partial charge in [-0.1, -0.05) is 6.07 Å².